The summed E-state index contributed by atoms with van der Waals surface area (Å²) >= 11 is 3.48. The van der Waals surface area contributed by atoms with Gasteiger partial charge in [0.25, 0.3) is 0 Å². The predicted molar refractivity (Wildman–Crippen MR) is 87.7 cm³/mol. The maximum absolute atomic E-state index is 12.8. The molecule has 3 nitrogen and oxygen atoms in total. The van der Waals surface area contributed by atoms with Crippen molar-refractivity contribution in [2.45, 2.75) is 32.1 Å². The molecule has 0 aliphatic heterocycles. The third-order valence-electron chi connectivity index (χ3n) is 5.78. The van der Waals surface area contributed by atoms with Crippen LogP contribution in [-0.4, -0.2) is 5.91 Å². The summed E-state index contributed by atoms with van der Waals surface area (Å²) in [7, 11) is 0. The quantitative estimate of drug-likeness (QED) is 0.792. The average Bonchev–Trinajstić information content (AvgIpc) is 2.40. The topological polar surface area (TPSA) is 55.1 Å². The van der Waals surface area contributed by atoms with E-state index in [1.807, 2.05) is 18.2 Å². The van der Waals surface area contributed by atoms with Crippen LogP contribution in [0.25, 0.3) is 0 Å². The molecule has 0 saturated heterocycles. The van der Waals surface area contributed by atoms with Crippen molar-refractivity contribution in [1.29, 1.82) is 0 Å². The van der Waals surface area contributed by atoms with E-state index in [0.29, 0.717) is 17.5 Å². The Morgan fingerprint density at radius 2 is 1.71 bits per heavy atom. The van der Waals surface area contributed by atoms with Crippen LogP contribution < -0.4 is 11.1 Å². The maximum Gasteiger partial charge on any atom is 0.228 e. The van der Waals surface area contributed by atoms with Gasteiger partial charge in [0.15, 0.2) is 0 Å². The summed E-state index contributed by atoms with van der Waals surface area (Å²) in [4.78, 5) is 12.8. The molecule has 21 heavy (non-hydrogen) atoms. The maximum atomic E-state index is 12.8. The lowest BCUT2D eigenvalue weighted by atomic mass is 9.51. The number of benzene rings is 1. The molecule has 4 heteroatoms. The van der Waals surface area contributed by atoms with Crippen LogP contribution in [0.15, 0.2) is 22.7 Å². The highest BCUT2D eigenvalue weighted by atomic mass is 79.9. The minimum Gasteiger partial charge on any atom is -0.399 e. The van der Waals surface area contributed by atoms with Gasteiger partial charge in [-0.25, -0.2) is 0 Å². The van der Waals surface area contributed by atoms with E-state index >= 15 is 0 Å². The van der Waals surface area contributed by atoms with Crippen LogP contribution in [0, 0.1) is 29.6 Å². The van der Waals surface area contributed by atoms with Gasteiger partial charge in [-0.15, -0.1) is 0 Å². The summed E-state index contributed by atoms with van der Waals surface area (Å²) in [5, 5.41) is 3.12. The molecule has 3 N–H and O–H groups in total. The first kappa shape index (κ1) is 13.6. The van der Waals surface area contributed by atoms with Crippen LogP contribution in [0.4, 0.5) is 11.4 Å². The van der Waals surface area contributed by atoms with Gasteiger partial charge in [0.1, 0.15) is 0 Å². The van der Waals surface area contributed by atoms with Gasteiger partial charge in [-0.2, -0.15) is 0 Å². The average molecular weight is 349 g/mol. The highest BCUT2D eigenvalue weighted by Gasteiger charge is 2.50. The third-order valence-corrected chi connectivity index (χ3v) is 6.44. The first-order valence-corrected chi connectivity index (χ1v) is 8.75. The molecule has 4 aliphatic carbocycles. The number of carbonyl (C=O) groups excluding carboxylic acids is 1. The Hall–Kier alpha value is -1.03. The minimum absolute atomic E-state index is 0.217. The summed E-state index contributed by atoms with van der Waals surface area (Å²) in [6.07, 6.45) is 6.51. The van der Waals surface area contributed by atoms with Crippen molar-refractivity contribution in [3.63, 3.8) is 0 Å². The van der Waals surface area contributed by atoms with E-state index in [1.165, 1.54) is 32.1 Å². The molecule has 1 aromatic carbocycles. The number of nitrogens with one attached hydrogen (secondary N) is 1. The van der Waals surface area contributed by atoms with Crippen LogP contribution in [0.5, 0.6) is 0 Å². The Morgan fingerprint density at radius 1 is 1.10 bits per heavy atom. The first-order valence-electron chi connectivity index (χ1n) is 7.96. The molecular weight excluding hydrogens is 328 g/mol. The molecule has 0 radical (unpaired) electrons. The Bertz CT molecular complexity index is 558. The second-order valence-electron chi connectivity index (χ2n) is 7.19. The summed E-state index contributed by atoms with van der Waals surface area (Å²) in [6, 6.07) is 5.55. The molecule has 1 amide bonds. The number of amides is 1. The zero-order valence-corrected chi connectivity index (χ0v) is 13.6. The molecule has 4 aliphatic rings. The Morgan fingerprint density at radius 3 is 2.29 bits per heavy atom. The zero-order chi connectivity index (χ0) is 14.6. The van der Waals surface area contributed by atoms with E-state index in [-0.39, 0.29) is 11.8 Å². The predicted octanol–water partition coefficient (Wildman–Crippen LogP) is 4.04. The highest BCUT2D eigenvalue weighted by molar-refractivity contribution is 9.10. The van der Waals surface area contributed by atoms with Crippen LogP contribution in [0.2, 0.25) is 0 Å². The Kier molecular flexibility index (Phi) is 3.25. The fraction of sp³-hybridized carbons (Fsp3) is 0.588. The van der Waals surface area contributed by atoms with Crippen LogP contribution in [0.1, 0.15) is 32.1 Å². The standard InChI is InChI=1S/C17H21BrN2O/c18-14-8-13(19)1-2-15(14)20-17(21)16-11-4-9-3-10(6-11)7-12(16)5-9/h1-2,8-12,16H,3-7,19H2,(H,20,21). The summed E-state index contributed by atoms with van der Waals surface area (Å²) in [5.41, 5.74) is 7.29. The lowest BCUT2D eigenvalue weighted by Crippen LogP contribution is -2.49. The van der Waals surface area contributed by atoms with Crippen molar-refractivity contribution < 1.29 is 4.79 Å². The van der Waals surface area contributed by atoms with E-state index in [4.69, 9.17) is 5.73 Å². The summed E-state index contributed by atoms with van der Waals surface area (Å²) < 4.78 is 0.861. The number of nitrogen functional groups attached to an aromatic ring is 1. The zero-order valence-electron chi connectivity index (χ0n) is 12.0. The van der Waals surface area contributed by atoms with Crippen molar-refractivity contribution in [1.82, 2.24) is 0 Å². The van der Waals surface area contributed by atoms with Gasteiger partial charge >= 0.3 is 0 Å². The molecule has 4 saturated carbocycles. The van der Waals surface area contributed by atoms with Crippen LogP contribution in [-0.2, 0) is 4.79 Å². The monoisotopic (exact) mass is 348 g/mol. The molecule has 1 aromatic rings. The van der Waals surface area contributed by atoms with E-state index in [9.17, 15) is 4.79 Å². The normalized spacial score (nSPS) is 36.7. The van der Waals surface area contributed by atoms with Crippen molar-refractivity contribution in [3.05, 3.63) is 22.7 Å². The Labute approximate surface area is 133 Å². The SMILES string of the molecule is Nc1ccc(NC(=O)C2C3CC4CC(C3)CC2C4)c(Br)c1. The molecule has 4 fully saturated rings. The first-order chi connectivity index (χ1) is 10.1. The lowest BCUT2D eigenvalue weighted by Gasteiger charge is -2.53. The van der Waals surface area contributed by atoms with Crippen molar-refractivity contribution in [2.75, 3.05) is 11.1 Å². The van der Waals surface area contributed by atoms with Crippen molar-refractivity contribution in [2.24, 2.45) is 29.6 Å². The van der Waals surface area contributed by atoms with Crippen LogP contribution in [0.3, 0.4) is 0 Å². The fourth-order valence-electron chi connectivity index (χ4n) is 5.20. The van der Waals surface area contributed by atoms with Gasteiger partial charge < -0.3 is 11.1 Å². The van der Waals surface area contributed by atoms with Crippen molar-refractivity contribution >= 4 is 33.2 Å². The second-order valence-corrected chi connectivity index (χ2v) is 8.04. The number of nitrogens with two attached hydrogens (primary N) is 1. The second kappa shape index (κ2) is 5.01. The highest BCUT2D eigenvalue weighted by Crippen LogP contribution is 2.56. The third kappa shape index (κ3) is 2.37. The summed E-state index contributed by atoms with van der Waals surface area (Å²) in [5.74, 6) is 3.48. The van der Waals surface area contributed by atoms with Gasteiger partial charge in [0.2, 0.25) is 5.91 Å². The van der Waals surface area contributed by atoms with Gasteiger partial charge in [0.05, 0.1) is 5.69 Å². The number of hydrogen-bond acceptors (Lipinski definition) is 2. The van der Waals surface area contributed by atoms with Crippen molar-refractivity contribution in [3.8, 4) is 0 Å². The smallest absolute Gasteiger partial charge is 0.228 e. The number of carbonyl (C=O) groups is 1. The molecule has 0 atom stereocenters. The van der Waals surface area contributed by atoms with Crippen LogP contribution >= 0.6 is 15.9 Å². The number of rotatable bonds is 2. The Balaban J connectivity index is 1.52. The number of anilines is 2. The van der Waals surface area contributed by atoms with Gasteiger partial charge in [-0.1, -0.05) is 0 Å². The molecule has 4 bridgehead atoms. The number of hydrogen-bond donors (Lipinski definition) is 2. The molecule has 0 aromatic heterocycles. The van der Waals surface area contributed by atoms with Gasteiger partial charge in [-0.3, -0.25) is 4.79 Å². The molecule has 112 valence electrons. The number of halogens is 1. The molecular formula is C17H21BrN2O. The largest absolute Gasteiger partial charge is 0.399 e. The molecule has 5 rings (SSSR count). The molecule has 0 spiro atoms. The molecule has 0 unspecified atom stereocenters. The van der Waals surface area contributed by atoms with E-state index < -0.39 is 0 Å². The van der Waals surface area contributed by atoms with Gasteiger partial charge in [-0.05, 0) is 89.9 Å². The molecule has 0 heterocycles. The lowest BCUT2D eigenvalue weighted by molar-refractivity contribution is -0.132. The van der Waals surface area contributed by atoms with Gasteiger partial charge in [0, 0.05) is 16.1 Å². The fourth-order valence-corrected chi connectivity index (χ4v) is 5.70. The summed E-state index contributed by atoms with van der Waals surface area (Å²) in [6.45, 7) is 0. The van der Waals surface area contributed by atoms with E-state index in [0.717, 1.165) is 22.0 Å². The minimum atomic E-state index is 0.217. The van der Waals surface area contributed by atoms with E-state index in [2.05, 4.69) is 21.2 Å². The van der Waals surface area contributed by atoms with E-state index in [1.54, 1.807) is 0 Å².